The third kappa shape index (κ3) is 2.06. The smallest absolute Gasteiger partial charge is 0.182 e. The lowest BCUT2D eigenvalue weighted by molar-refractivity contribution is 0.0884. The normalized spacial score (nSPS) is 25.5. The molecule has 15 heavy (non-hydrogen) atoms. The molecule has 1 aromatic rings. The van der Waals surface area contributed by atoms with E-state index < -0.39 is 5.54 Å². The van der Waals surface area contributed by atoms with Gasteiger partial charge in [0.1, 0.15) is 0 Å². The van der Waals surface area contributed by atoms with Crippen molar-refractivity contribution < 1.29 is 4.79 Å². The summed E-state index contributed by atoms with van der Waals surface area (Å²) in [5.74, 6) is 0.141. The molecule has 0 spiro atoms. The maximum Gasteiger partial charge on any atom is 0.182 e. The van der Waals surface area contributed by atoms with Gasteiger partial charge in [-0.15, -0.1) is 0 Å². The van der Waals surface area contributed by atoms with Gasteiger partial charge in [-0.25, -0.2) is 0 Å². The molecular weight excluding hydrogens is 210 g/mol. The van der Waals surface area contributed by atoms with E-state index in [1.165, 1.54) is 0 Å². The summed E-state index contributed by atoms with van der Waals surface area (Å²) < 4.78 is 0. The number of rotatable bonds is 2. The molecule has 0 amide bonds. The minimum atomic E-state index is -0.398. The molecule has 1 saturated heterocycles. The molecule has 0 aromatic heterocycles. The van der Waals surface area contributed by atoms with Gasteiger partial charge in [-0.3, -0.25) is 4.79 Å². The molecule has 1 aliphatic heterocycles. The molecular formula is C12H14ClNO. The average Bonchev–Trinajstić information content (AvgIpc) is 2.65. The molecule has 1 fully saturated rings. The van der Waals surface area contributed by atoms with Gasteiger partial charge >= 0.3 is 0 Å². The summed E-state index contributed by atoms with van der Waals surface area (Å²) >= 11 is 5.87. The third-order valence-electron chi connectivity index (χ3n) is 2.96. The second-order valence-corrected chi connectivity index (χ2v) is 4.64. The quantitative estimate of drug-likeness (QED) is 0.782. The van der Waals surface area contributed by atoms with Gasteiger partial charge < -0.3 is 5.32 Å². The highest BCUT2D eigenvalue weighted by Gasteiger charge is 2.36. The summed E-state index contributed by atoms with van der Waals surface area (Å²) in [5, 5.41) is 3.87. The van der Waals surface area contributed by atoms with Gasteiger partial charge in [0.2, 0.25) is 0 Å². The van der Waals surface area contributed by atoms with E-state index in [1.54, 1.807) is 12.1 Å². The zero-order chi connectivity index (χ0) is 10.9. The van der Waals surface area contributed by atoms with Gasteiger partial charge in [-0.2, -0.15) is 0 Å². The van der Waals surface area contributed by atoms with Crippen LogP contribution in [0.25, 0.3) is 0 Å². The first kappa shape index (κ1) is 10.7. The topological polar surface area (TPSA) is 29.1 Å². The van der Waals surface area contributed by atoms with Crippen molar-refractivity contribution in [3.63, 3.8) is 0 Å². The fourth-order valence-electron chi connectivity index (χ4n) is 2.04. The van der Waals surface area contributed by atoms with Crippen molar-refractivity contribution in [2.24, 2.45) is 0 Å². The molecule has 0 radical (unpaired) electrons. The average molecular weight is 224 g/mol. The number of carbonyl (C=O) groups excluding carboxylic acids is 1. The minimum Gasteiger partial charge on any atom is -0.305 e. The van der Waals surface area contributed by atoms with Gasteiger partial charge in [0, 0.05) is 10.6 Å². The molecule has 0 saturated carbocycles. The van der Waals surface area contributed by atoms with Crippen LogP contribution in [0.15, 0.2) is 24.3 Å². The van der Waals surface area contributed by atoms with Crippen molar-refractivity contribution in [1.29, 1.82) is 0 Å². The number of halogens is 1. The highest BCUT2D eigenvalue weighted by Crippen LogP contribution is 2.24. The van der Waals surface area contributed by atoms with Gasteiger partial charge in [0.05, 0.1) is 5.54 Å². The first-order valence-corrected chi connectivity index (χ1v) is 5.55. The molecule has 2 rings (SSSR count). The Balaban J connectivity index is 2.27. The number of nitrogens with one attached hydrogen (secondary N) is 1. The van der Waals surface area contributed by atoms with Crippen LogP contribution in [-0.2, 0) is 0 Å². The minimum absolute atomic E-state index is 0.141. The molecule has 1 N–H and O–H groups in total. The number of Topliss-reactive ketones (excluding diaryl/α,β-unsaturated/α-hetero) is 1. The van der Waals surface area contributed by atoms with Crippen LogP contribution in [0.5, 0.6) is 0 Å². The summed E-state index contributed by atoms with van der Waals surface area (Å²) in [4.78, 5) is 12.2. The van der Waals surface area contributed by atoms with Crippen LogP contribution in [0.4, 0.5) is 0 Å². The van der Waals surface area contributed by atoms with E-state index in [4.69, 9.17) is 11.6 Å². The van der Waals surface area contributed by atoms with Crippen LogP contribution in [0.2, 0.25) is 5.02 Å². The fourth-order valence-corrected chi connectivity index (χ4v) is 2.23. The van der Waals surface area contributed by atoms with Crippen LogP contribution >= 0.6 is 11.6 Å². The highest BCUT2D eigenvalue weighted by atomic mass is 35.5. The SMILES string of the molecule is CC1(C(=O)c2cccc(Cl)c2)CCCN1. The summed E-state index contributed by atoms with van der Waals surface area (Å²) in [6.07, 6.45) is 1.96. The predicted octanol–water partition coefficient (Wildman–Crippen LogP) is 2.66. The Bertz CT molecular complexity index is 383. The highest BCUT2D eigenvalue weighted by molar-refractivity contribution is 6.31. The Kier molecular flexibility index (Phi) is 2.81. The molecule has 1 atom stereocenters. The number of hydrogen-bond acceptors (Lipinski definition) is 2. The molecule has 3 heteroatoms. The summed E-state index contributed by atoms with van der Waals surface area (Å²) in [6, 6.07) is 7.14. The lowest BCUT2D eigenvalue weighted by atomic mass is 9.90. The van der Waals surface area contributed by atoms with Gasteiger partial charge in [0.25, 0.3) is 0 Å². The lowest BCUT2D eigenvalue weighted by Gasteiger charge is -2.22. The summed E-state index contributed by atoms with van der Waals surface area (Å²) in [6.45, 7) is 2.88. The molecule has 1 unspecified atom stereocenters. The summed E-state index contributed by atoms with van der Waals surface area (Å²) in [5.41, 5.74) is 0.296. The van der Waals surface area contributed by atoms with Crippen molar-refractivity contribution in [2.75, 3.05) is 6.54 Å². The van der Waals surface area contributed by atoms with E-state index in [2.05, 4.69) is 5.32 Å². The van der Waals surface area contributed by atoms with Gasteiger partial charge in [-0.05, 0) is 38.4 Å². The molecule has 0 bridgehead atoms. The van der Waals surface area contributed by atoms with Crippen LogP contribution in [0.1, 0.15) is 30.1 Å². The maximum absolute atomic E-state index is 12.2. The molecule has 0 aliphatic carbocycles. The molecule has 1 aliphatic rings. The van der Waals surface area contributed by atoms with E-state index in [9.17, 15) is 4.79 Å². The molecule has 1 heterocycles. The number of benzene rings is 1. The Morgan fingerprint density at radius 3 is 2.93 bits per heavy atom. The van der Waals surface area contributed by atoms with Crippen LogP contribution < -0.4 is 5.32 Å². The Hall–Kier alpha value is -0.860. The van der Waals surface area contributed by atoms with E-state index in [1.807, 2.05) is 19.1 Å². The van der Waals surface area contributed by atoms with Crippen LogP contribution in [0, 0.1) is 0 Å². The van der Waals surface area contributed by atoms with Gasteiger partial charge in [0.15, 0.2) is 5.78 Å². The van der Waals surface area contributed by atoms with Crippen molar-refractivity contribution in [2.45, 2.75) is 25.3 Å². The second-order valence-electron chi connectivity index (χ2n) is 4.20. The van der Waals surface area contributed by atoms with Crippen molar-refractivity contribution in [1.82, 2.24) is 5.32 Å². The lowest BCUT2D eigenvalue weighted by Crippen LogP contribution is -2.44. The van der Waals surface area contributed by atoms with E-state index in [0.29, 0.717) is 10.6 Å². The summed E-state index contributed by atoms with van der Waals surface area (Å²) in [7, 11) is 0. The van der Waals surface area contributed by atoms with Crippen molar-refractivity contribution >= 4 is 17.4 Å². The van der Waals surface area contributed by atoms with Crippen LogP contribution in [-0.4, -0.2) is 17.9 Å². The molecule has 1 aromatic carbocycles. The Morgan fingerprint density at radius 2 is 2.33 bits per heavy atom. The molecule has 2 nitrogen and oxygen atoms in total. The van der Waals surface area contributed by atoms with Gasteiger partial charge in [-0.1, -0.05) is 23.7 Å². The van der Waals surface area contributed by atoms with E-state index in [0.717, 1.165) is 19.4 Å². The van der Waals surface area contributed by atoms with E-state index >= 15 is 0 Å². The standard InChI is InChI=1S/C12H14ClNO/c1-12(6-3-7-14-12)11(15)9-4-2-5-10(13)8-9/h2,4-5,8,14H,3,6-7H2,1H3. The zero-order valence-corrected chi connectivity index (χ0v) is 9.47. The largest absolute Gasteiger partial charge is 0.305 e. The maximum atomic E-state index is 12.2. The fraction of sp³-hybridized carbons (Fsp3) is 0.417. The van der Waals surface area contributed by atoms with E-state index in [-0.39, 0.29) is 5.78 Å². The number of hydrogen-bond donors (Lipinski definition) is 1. The monoisotopic (exact) mass is 223 g/mol. The van der Waals surface area contributed by atoms with Crippen molar-refractivity contribution in [3.8, 4) is 0 Å². The molecule has 80 valence electrons. The van der Waals surface area contributed by atoms with Crippen LogP contribution in [0.3, 0.4) is 0 Å². The number of ketones is 1. The third-order valence-corrected chi connectivity index (χ3v) is 3.19. The number of carbonyl (C=O) groups is 1. The second kappa shape index (κ2) is 3.95. The zero-order valence-electron chi connectivity index (χ0n) is 8.72. The Labute approximate surface area is 94.6 Å². The Morgan fingerprint density at radius 1 is 1.53 bits per heavy atom. The van der Waals surface area contributed by atoms with Crippen molar-refractivity contribution in [3.05, 3.63) is 34.9 Å². The predicted molar refractivity (Wildman–Crippen MR) is 61.4 cm³/mol. The first-order valence-electron chi connectivity index (χ1n) is 5.17. The first-order chi connectivity index (χ1) is 7.12.